The molecule has 0 unspecified atom stereocenters. The molecule has 2 aromatic heterocycles. The van der Waals surface area contributed by atoms with Crippen molar-refractivity contribution in [2.24, 2.45) is 5.73 Å². The number of amides is 1. The number of rotatable bonds is 1. The summed E-state index contributed by atoms with van der Waals surface area (Å²) in [6.45, 7) is 1.88. The van der Waals surface area contributed by atoms with Crippen molar-refractivity contribution >= 4 is 27.5 Å². The maximum atomic E-state index is 11.1. The monoisotopic (exact) mass is 192 g/mol. The van der Waals surface area contributed by atoms with Gasteiger partial charge in [-0.15, -0.1) is 11.3 Å². The SMILES string of the molecule is Cc1sc2cccnc2c1C(N)=O. The second kappa shape index (κ2) is 2.81. The number of carbonyl (C=O) groups is 1. The molecule has 2 rings (SSSR count). The summed E-state index contributed by atoms with van der Waals surface area (Å²) in [5, 5.41) is 0. The Bertz CT molecular complexity index is 475. The zero-order valence-electron chi connectivity index (χ0n) is 7.07. The van der Waals surface area contributed by atoms with Crippen LogP contribution in [0.25, 0.3) is 10.2 Å². The molecule has 0 saturated carbocycles. The fraction of sp³-hybridized carbons (Fsp3) is 0.111. The third-order valence-corrected chi connectivity index (χ3v) is 2.93. The lowest BCUT2D eigenvalue weighted by Crippen LogP contribution is -2.11. The minimum absolute atomic E-state index is 0.401. The lowest BCUT2D eigenvalue weighted by molar-refractivity contribution is 0.100. The molecule has 13 heavy (non-hydrogen) atoms. The first-order valence-corrected chi connectivity index (χ1v) is 4.65. The summed E-state index contributed by atoms with van der Waals surface area (Å²) in [5.41, 5.74) is 6.53. The van der Waals surface area contributed by atoms with E-state index in [0.29, 0.717) is 5.56 Å². The number of nitrogens with zero attached hydrogens (tertiary/aromatic N) is 1. The molecule has 1 amide bonds. The van der Waals surface area contributed by atoms with Crippen LogP contribution in [0, 0.1) is 6.92 Å². The predicted octanol–water partition coefficient (Wildman–Crippen LogP) is 1.70. The van der Waals surface area contributed by atoms with E-state index in [1.807, 2.05) is 19.1 Å². The van der Waals surface area contributed by atoms with Crippen LogP contribution in [0.4, 0.5) is 0 Å². The number of aryl methyl sites for hydroxylation is 1. The van der Waals surface area contributed by atoms with E-state index in [1.165, 1.54) is 0 Å². The molecule has 66 valence electrons. The number of nitrogens with two attached hydrogens (primary N) is 1. The topological polar surface area (TPSA) is 56.0 Å². The Hall–Kier alpha value is -1.42. The van der Waals surface area contributed by atoms with Crippen LogP contribution >= 0.6 is 11.3 Å². The van der Waals surface area contributed by atoms with Crippen LogP contribution < -0.4 is 5.73 Å². The molecular weight excluding hydrogens is 184 g/mol. The molecular formula is C9H8N2OS. The van der Waals surface area contributed by atoms with Crippen molar-refractivity contribution in [2.45, 2.75) is 6.92 Å². The summed E-state index contributed by atoms with van der Waals surface area (Å²) in [6.07, 6.45) is 1.67. The quantitative estimate of drug-likeness (QED) is 0.747. The molecule has 0 aliphatic heterocycles. The Balaban J connectivity index is 2.86. The van der Waals surface area contributed by atoms with Gasteiger partial charge in [0.05, 0.1) is 15.8 Å². The van der Waals surface area contributed by atoms with E-state index in [1.54, 1.807) is 17.5 Å². The lowest BCUT2D eigenvalue weighted by atomic mass is 10.2. The van der Waals surface area contributed by atoms with Gasteiger partial charge in [0.2, 0.25) is 0 Å². The van der Waals surface area contributed by atoms with Gasteiger partial charge in [0.1, 0.15) is 0 Å². The molecule has 2 N–H and O–H groups in total. The highest BCUT2D eigenvalue weighted by atomic mass is 32.1. The maximum absolute atomic E-state index is 11.1. The summed E-state index contributed by atoms with van der Waals surface area (Å²) in [7, 11) is 0. The van der Waals surface area contributed by atoms with Crippen molar-refractivity contribution in [3.63, 3.8) is 0 Å². The van der Waals surface area contributed by atoms with Crippen molar-refractivity contribution in [1.82, 2.24) is 4.98 Å². The highest BCUT2D eigenvalue weighted by Crippen LogP contribution is 2.28. The van der Waals surface area contributed by atoms with Crippen molar-refractivity contribution in [3.05, 3.63) is 28.8 Å². The summed E-state index contributed by atoms with van der Waals surface area (Å²) >= 11 is 1.54. The Kier molecular flexibility index (Phi) is 1.77. The van der Waals surface area contributed by atoms with Gasteiger partial charge in [-0.25, -0.2) is 0 Å². The molecule has 0 spiro atoms. The zero-order valence-corrected chi connectivity index (χ0v) is 7.89. The van der Waals surface area contributed by atoms with Crippen LogP contribution in [0.1, 0.15) is 15.2 Å². The van der Waals surface area contributed by atoms with Crippen LogP contribution in [0.3, 0.4) is 0 Å². The van der Waals surface area contributed by atoms with Gasteiger partial charge in [-0.1, -0.05) is 0 Å². The van der Waals surface area contributed by atoms with Gasteiger partial charge >= 0.3 is 0 Å². The minimum atomic E-state index is -0.401. The van der Waals surface area contributed by atoms with Crippen molar-refractivity contribution in [3.8, 4) is 0 Å². The second-order valence-corrected chi connectivity index (χ2v) is 4.00. The summed E-state index contributed by atoms with van der Waals surface area (Å²) in [5.74, 6) is -0.401. The third kappa shape index (κ3) is 1.19. The predicted molar refractivity (Wildman–Crippen MR) is 52.9 cm³/mol. The lowest BCUT2D eigenvalue weighted by Gasteiger charge is -1.92. The van der Waals surface area contributed by atoms with Gasteiger partial charge in [0.25, 0.3) is 5.91 Å². The van der Waals surface area contributed by atoms with Crippen LogP contribution in [0.2, 0.25) is 0 Å². The number of thiophene rings is 1. The number of hydrogen-bond donors (Lipinski definition) is 1. The molecule has 0 aliphatic rings. The molecule has 0 aliphatic carbocycles. The van der Waals surface area contributed by atoms with E-state index in [-0.39, 0.29) is 0 Å². The molecule has 0 aromatic carbocycles. The van der Waals surface area contributed by atoms with Crippen LogP contribution in [-0.4, -0.2) is 10.9 Å². The van der Waals surface area contributed by atoms with Gasteiger partial charge in [-0.2, -0.15) is 0 Å². The van der Waals surface area contributed by atoms with Crippen LogP contribution in [0.5, 0.6) is 0 Å². The van der Waals surface area contributed by atoms with Crippen molar-refractivity contribution in [2.75, 3.05) is 0 Å². The molecule has 3 nitrogen and oxygen atoms in total. The van der Waals surface area contributed by atoms with Crippen LogP contribution in [0.15, 0.2) is 18.3 Å². The van der Waals surface area contributed by atoms with Gasteiger partial charge in [0.15, 0.2) is 0 Å². The van der Waals surface area contributed by atoms with E-state index in [4.69, 9.17) is 5.73 Å². The fourth-order valence-corrected chi connectivity index (χ4v) is 2.36. The summed E-state index contributed by atoms with van der Waals surface area (Å²) in [6, 6.07) is 3.79. The molecule has 0 atom stereocenters. The average Bonchev–Trinajstić information content (AvgIpc) is 2.39. The Morgan fingerprint density at radius 3 is 3.08 bits per heavy atom. The van der Waals surface area contributed by atoms with E-state index < -0.39 is 5.91 Å². The number of fused-ring (bicyclic) bond motifs is 1. The number of carbonyl (C=O) groups excluding carboxylic acids is 1. The summed E-state index contributed by atoms with van der Waals surface area (Å²) in [4.78, 5) is 16.2. The Morgan fingerprint density at radius 1 is 1.62 bits per heavy atom. The highest BCUT2D eigenvalue weighted by molar-refractivity contribution is 7.19. The molecule has 0 bridgehead atoms. The molecule has 2 heterocycles. The fourth-order valence-electron chi connectivity index (χ4n) is 1.33. The first-order chi connectivity index (χ1) is 6.20. The zero-order chi connectivity index (χ0) is 9.42. The van der Waals surface area contributed by atoms with E-state index >= 15 is 0 Å². The van der Waals surface area contributed by atoms with Gasteiger partial charge in [0, 0.05) is 11.1 Å². The minimum Gasteiger partial charge on any atom is -0.365 e. The van der Waals surface area contributed by atoms with Crippen LogP contribution in [-0.2, 0) is 0 Å². The number of hydrogen-bond acceptors (Lipinski definition) is 3. The Labute approximate surface area is 79.2 Å². The molecule has 4 heteroatoms. The van der Waals surface area contributed by atoms with Gasteiger partial charge in [-0.05, 0) is 19.1 Å². The molecule has 0 saturated heterocycles. The summed E-state index contributed by atoms with van der Waals surface area (Å²) < 4.78 is 1.01. The Morgan fingerprint density at radius 2 is 2.38 bits per heavy atom. The average molecular weight is 192 g/mol. The van der Waals surface area contributed by atoms with E-state index in [2.05, 4.69) is 4.98 Å². The molecule has 0 radical (unpaired) electrons. The van der Waals surface area contributed by atoms with E-state index in [0.717, 1.165) is 15.1 Å². The highest BCUT2D eigenvalue weighted by Gasteiger charge is 2.13. The number of primary amides is 1. The smallest absolute Gasteiger partial charge is 0.252 e. The first-order valence-electron chi connectivity index (χ1n) is 3.84. The molecule has 2 aromatic rings. The van der Waals surface area contributed by atoms with E-state index in [9.17, 15) is 4.79 Å². The largest absolute Gasteiger partial charge is 0.365 e. The second-order valence-electron chi connectivity index (χ2n) is 2.75. The van der Waals surface area contributed by atoms with Gasteiger partial charge < -0.3 is 5.73 Å². The van der Waals surface area contributed by atoms with Crippen molar-refractivity contribution in [1.29, 1.82) is 0 Å². The van der Waals surface area contributed by atoms with Crippen molar-refractivity contribution < 1.29 is 4.79 Å². The van der Waals surface area contributed by atoms with Gasteiger partial charge in [-0.3, -0.25) is 9.78 Å². The standard InChI is InChI=1S/C9H8N2OS/c1-5-7(9(10)12)8-6(13-5)3-2-4-11-8/h2-4H,1H3,(H2,10,12). The first kappa shape index (κ1) is 8.19. The maximum Gasteiger partial charge on any atom is 0.252 e. The third-order valence-electron chi connectivity index (χ3n) is 1.87. The number of pyridine rings is 1. The molecule has 0 fully saturated rings. The normalized spacial score (nSPS) is 10.5. The number of aromatic nitrogens is 1.